The number of anilines is 2. The summed E-state index contributed by atoms with van der Waals surface area (Å²) in [6.07, 6.45) is 10.0. The Kier molecular flexibility index (Phi) is 6.41. The van der Waals surface area contributed by atoms with Crippen molar-refractivity contribution in [3.8, 4) is 0 Å². The van der Waals surface area contributed by atoms with Crippen LogP contribution in [0.15, 0.2) is 18.2 Å². The number of amides is 2. The molecular weight excluding hydrogens is 362 g/mol. The molecule has 1 aromatic carbocycles. The van der Waals surface area contributed by atoms with Crippen molar-refractivity contribution >= 4 is 23.2 Å². The highest BCUT2D eigenvalue weighted by atomic mass is 16.2. The maximum atomic E-state index is 13.5. The Balaban J connectivity index is 1.57. The normalized spacial score (nSPS) is 21.4. The molecule has 2 heterocycles. The van der Waals surface area contributed by atoms with Crippen LogP contribution in [-0.4, -0.2) is 42.9 Å². The van der Waals surface area contributed by atoms with Crippen molar-refractivity contribution in [2.24, 2.45) is 11.8 Å². The highest BCUT2D eigenvalue weighted by molar-refractivity contribution is 6.02. The Morgan fingerprint density at radius 1 is 0.897 bits per heavy atom. The van der Waals surface area contributed by atoms with Crippen LogP contribution in [0.5, 0.6) is 0 Å². The highest BCUT2D eigenvalue weighted by Crippen LogP contribution is 2.31. The van der Waals surface area contributed by atoms with Crippen molar-refractivity contribution in [3.05, 3.63) is 23.8 Å². The molecule has 1 saturated carbocycles. The van der Waals surface area contributed by atoms with Crippen molar-refractivity contribution in [2.75, 3.05) is 36.4 Å². The minimum absolute atomic E-state index is 0.110. The van der Waals surface area contributed by atoms with Gasteiger partial charge in [-0.25, -0.2) is 0 Å². The maximum absolute atomic E-state index is 13.5. The Hall–Kier alpha value is -2.04. The van der Waals surface area contributed by atoms with Gasteiger partial charge in [0.15, 0.2) is 0 Å². The molecule has 3 aliphatic rings. The fourth-order valence-electron chi connectivity index (χ4n) is 5.01. The van der Waals surface area contributed by atoms with Gasteiger partial charge >= 0.3 is 0 Å². The first-order chi connectivity index (χ1) is 14.1. The molecule has 2 aliphatic heterocycles. The minimum atomic E-state index is 0.110. The maximum Gasteiger partial charge on any atom is 0.256 e. The number of carbonyl (C=O) groups excluding carboxylic acids is 2. The van der Waals surface area contributed by atoms with Crippen LogP contribution in [0.1, 0.15) is 75.1 Å². The summed E-state index contributed by atoms with van der Waals surface area (Å²) in [6.45, 7) is 5.94. The molecule has 0 atom stereocenters. The van der Waals surface area contributed by atoms with Crippen LogP contribution >= 0.6 is 0 Å². The molecule has 29 heavy (non-hydrogen) atoms. The van der Waals surface area contributed by atoms with Crippen LogP contribution in [0, 0.1) is 11.8 Å². The van der Waals surface area contributed by atoms with Crippen LogP contribution in [0.3, 0.4) is 0 Å². The Morgan fingerprint density at radius 2 is 1.59 bits per heavy atom. The van der Waals surface area contributed by atoms with Gasteiger partial charge in [-0.05, 0) is 69.1 Å². The van der Waals surface area contributed by atoms with Gasteiger partial charge in [0.1, 0.15) is 0 Å². The number of nitrogens with zero attached hydrogens (tertiary/aromatic N) is 2. The van der Waals surface area contributed by atoms with E-state index in [1.165, 1.54) is 19.3 Å². The van der Waals surface area contributed by atoms with E-state index in [-0.39, 0.29) is 17.7 Å². The van der Waals surface area contributed by atoms with Gasteiger partial charge in [-0.1, -0.05) is 19.8 Å². The summed E-state index contributed by atoms with van der Waals surface area (Å²) in [7, 11) is 0. The predicted octanol–water partition coefficient (Wildman–Crippen LogP) is 4.68. The zero-order valence-electron chi connectivity index (χ0n) is 17.8. The number of likely N-dealkylation sites (tertiary alicyclic amines) is 1. The molecule has 4 rings (SSSR count). The summed E-state index contributed by atoms with van der Waals surface area (Å²) in [6, 6.07) is 5.96. The number of hydrogen-bond donors (Lipinski definition) is 1. The van der Waals surface area contributed by atoms with Gasteiger partial charge in [-0.15, -0.1) is 0 Å². The number of nitrogens with one attached hydrogen (secondary N) is 1. The molecule has 0 bridgehead atoms. The predicted molar refractivity (Wildman–Crippen MR) is 117 cm³/mol. The molecular formula is C24H35N3O2. The SMILES string of the molecule is CC1CCN(C(=O)c2cc(NC(=O)C3CCCC3)ccc2N2CCCCC2)CC1. The van der Waals surface area contributed by atoms with Gasteiger partial charge in [-0.2, -0.15) is 0 Å². The second kappa shape index (κ2) is 9.19. The fourth-order valence-corrected chi connectivity index (χ4v) is 5.01. The topological polar surface area (TPSA) is 52.7 Å². The first-order valence-electron chi connectivity index (χ1n) is 11.6. The second-order valence-corrected chi connectivity index (χ2v) is 9.22. The monoisotopic (exact) mass is 397 g/mol. The molecule has 158 valence electrons. The van der Waals surface area contributed by atoms with Crippen molar-refractivity contribution in [2.45, 2.75) is 64.7 Å². The lowest BCUT2D eigenvalue weighted by Crippen LogP contribution is -2.39. The molecule has 2 saturated heterocycles. The van der Waals surface area contributed by atoms with Crippen molar-refractivity contribution < 1.29 is 9.59 Å². The zero-order chi connectivity index (χ0) is 20.2. The Bertz CT molecular complexity index is 728. The van der Waals surface area contributed by atoms with E-state index in [0.717, 1.165) is 81.6 Å². The molecule has 0 unspecified atom stereocenters. The first kappa shape index (κ1) is 20.2. The second-order valence-electron chi connectivity index (χ2n) is 9.22. The minimum Gasteiger partial charge on any atom is -0.371 e. The third-order valence-electron chi connectivity index (χ3n) is 6.99. The molecule has 2 amide bonds. The van der Waals surface area contributed by atoms with Crippen LogP contribution in [0.25, 0.3) is 0 Å². The third kappa shape index (κ3) is 4.76. The lowest BCUT2D eigenvalue weighted by atomic mass is 9.98. The lowest BCUT2D eigenvalue weighted by molar-refractivity contribution is -0.119. The van der Waals surface area contributed by atoms with Gasteiger partial charge in [0.2, 0.25) is 5.91 Å². The van der Waals surface area contributed by atoms with E-state index in [9.17, 15) is 9.59 Å². The number of carbonyl (C=O) groups is 2. The van der Waals surface area contributed by atoms with Crippen LogP contribution < -0.4 is 10.2 Å². The molecule has 1 aromatic rings. The van der Waals surface area contributed by atoms with E-state index in [4.69, 9.17) is 0 Å². The molecule has 0 radical (unpaired) electrons. The van der Waals surface area contributed by atoms with E-state index < -0.39 is 0 Å². The third-order valence-corrected chi connectivity index (χ3v) is 6.99. The van der Waals surface area contributed by atoms with Gasteiger partial charge in [0.25, 0.3) is 5.91 Å². The summed E-state index contributed by atoms with van der Waals surface area (Å²) in [5, 5.41) is 3.09. The first-order valence-corrected chi connectivity index (χ1v) is 11.6. The lowest BCUT2D eigenvalue weighted by Gasteiger charge is -2.34. The highest BCUT2D eigenvalue weighted by Gasteiger charge is 2.27. The quantitative estimate of drug-likeness (QED) is 0.803. The molecule has 5 heteroatoms. The standard InChI is InChI=1S/C24H35N3O2/c1-18-11-15-27(16-12-18)24(29)21-17-20(25-23(28)19-7-3-4-8-19)9-10-22(21)26-13-5-2-6-14-26/h9-10,17-19H,2-8,11-16H2,1H3,(H,25,28). The van der Waals surface area contributed by atoms with E-state index >= 15 is 0 Å². The van der Waals surface area contributed by atoms with Gasteiger partial charge in [-0.3, -0.25) is 9.59 Å². The average Bonchev–Trinajstić information content (AvgIpc) is 3.29. The summed E-state index contributed by atoms with van der Waals surface area (Å²) in [5.41, 5.74) is 2.55. The smallest absolute Gasteiger partial charge is 0.256 e. The van der Waals surface area contributed by atoms with Crippen molar-refractivity contribution in [1.82, 2.24) is 4.90 Å². The molecule has 1 N–H and O–H groups in total. The summed E-state index contributed by atoms with van der Waals surface area (Å²) < 4.78 is 0. The number of piperidine rings is 2. The largest absolute Gasteiger partial charge is 0.371 e. The molecule has 3 fully saturated rings. The average molecular weight is 398 g/mol. The Morgan fingerprint density at radius 3 is 2.28 bits per heavy atom. The molecule has 0 spiro atoms. The number of benzene rings is 1. The molecule has 0 aromatic heterocycles. The van der Waals surface area contributed by atoms with E-state index in [0.29, 0.717) is 5.92 Å². The van der Waals surface area contributed by atoms with Crippen LogP contribution in [0.2, 0.25) is 0 Å². The van der Waals surface area contributed by atoms with Gasteiger partial charge < -0.3 is 15.1 Å². The van der Waals surface area contributed by atoms with Crippen LogP contribution in [0.4, 0.5) is 11.4 Å². The van der Waals surface area contributed by atoms with Gasteiger partial charge in [0.05, 0.1) is 5.56 Å². The summed E-state index contributed by atoms with van der Waals surface area (Å²) in [4.78, 5) is 30.4. The molecule has 1 aliphatic carbocycles. The number of hydrogen-bond acceptors (Lipinski definition) is 3. The van der Waals surface area contributed by atoms with Crippen molar-refractivity contribution in [1.29, 1.82) is 0 Å². The Labute approximate surface area is 174 Å². The number of rotatable bonds is 4. The van der Waals surface area contributed by atoms with Crippen LogP contribution in [-0.2, 0) is 4.79 Å². The summed E-state index contributed by atoms with van der Waals surface area (Å²) >= 11 is 0. The zero-order valence-corrected chi connectivity index (χ0v) is 17.8. The van der Waals surface area contributed by atoms with Gasteiger partial charge in [0, 0.05) is 43.5 Å². The fraction of sp³-hybridized carbons (Fsp3) is 0.667. The van der Waals surface area contributed by atoms with E-state index in [1.807, 2.05) is 17.0 Å². The summed E-state index contributed by atoms with van der Waals surface area (Å²) in [5.74, 6) is 1.05. The van der Waals surface area contributed by atoms with E-state index in [1.54, 1.807) is 0 Å². The molecule has 5 nitrogen and oxygen atoms in total. The van der Waals surface area contributed by atoms with E-state index in [2.05, 4.69) is 23.2 Å². The van der Waals surface area contributed by atoms with Crippen molar-refractivity contribution in [3.63, 3.8) is 0 Å².